The minimum Gasteiger partial charge on any atom is -0.348 e. The summed E-state index contributed by atoms with van der Waals surface area (Å²) in [5.74, 6) is -0.347. The molecule has 0 radical (unpaired) electrons. The van der Waals surface area contributed by atoms with E-state index < -0.39 is 10.0 Å². The predicted molar refractivity (Wildman–Crippen MR) is 139 cm³/mol. The molecule has 0 aliphatic heterocycles. The molecule has 0 aliphatic rings. The van der Waals surface area contributed by atoms with Gasteiger partial charge in [-0.3, -0.25) is 9.10 Å². The van der Waals surface area contributed by atoms with Crippen LogP contribution in [0.4, 0.5) is 5.69 Å². The summed E-state index contributed by atoms with van der Waals surface area (Å²) < 4.78 is 28.6. The maximum atomic E-state index is 13.7. The smallest absolute Gasteiger partial charge is 0.264 e. The number of sulfonamides is 1. The monoisotopic (exact) mass is 478 g/mol. The van der Waals surface area contributed by atoms with E-state index in [2.05, 4.69) is 18.3 Å². The van der Waals surface area contributed by atoms with E-state index in [4.69, 9.17) is 0 Å². The van der Waals surface area contributed by atoms with Crippen molar-refractivity contribution in [1.29, 1.82) is 0 Å². The Balaban J connectivity index is 1.95. The van der Waals surface area contributed by atoms with Crippen molar-refractivity contribution in [1.82, 2.24) is 5.32 Å². The highest BCUT2D eigenvalue weighted by molar-refractivity contribution is 7.92. The van der Waals surface area contributed by atoms with Crippen molar-refractivity contribution in [2.24, 2.45) is 0 Å². The van der Waals surface area contributed by atoms with E-state index in [1.165, 1.54) is 9.87 Å². The summed E-state index contributed by atoms with van der Waals surface area (Å²) in [4.78, 5) is 13.4. The van der Waals surface area contributed by atoms with Gasteiger partial charge in [-0.25, -0.2) is 8.42 Å². The Morgan fingerprint density at radius 3 is 2.06 bits per heavy atom. The van der Waals surface area contributed by atoms with Crippen LogP contribution >= 0.6 is 0 Å². The predicted octanol–water partition coefficient (Wildman–Crippen LogP) is 5.69. The van der Waals surface area contributed by atoms with Crippen LogP contribution in [0.3, 0.4) is 0 Å². The lowest BCUT2D eigenvalue weighted by atomic mass is 9.99. The van der Waals surface area contributed by atoms with E-state index in [-0.39, 0.29) is 23.4 Å². The molecule has 1 N–H and O–H groups in total. The van der Waals surface area contributed by atoms with Crippen molar-refractivity contribution >= 4 is 21.6 Å². The Morgan fingerprint density at radius 2 is 1.47 bits per heavy atom. The van der Waals surface area contributed by atoms with E-state index in [0.717, 1.165) is 27.8 Å². The first-order valence-electron chi connectivity index (χ1n) is 11.6. The summed E-state index contributed by atoms with van der Waals surface area (Å²) >= 11 is 0. The number of nitrogens with one attached hydrogen (secondary N) is 1. The summed E-state index contributed by atoms with van der Waals surface area (Å²) in [6, 6.07) is 18.2. The van der Waals surface area contributed by atoms with Crippen LogP contribution in [0.2, 0.25) is 0 Å². The third-order valence-corrected chi connectivity index (χ3v) is 7.97. The summed E-state index contributed by atoms with van der Waals surface area (Å²) in [6.07, 6.45) is 0.697. The lowest BCUT2D eigenvalue weighted by molar-refractivity contribution is -0.120. The fourth-order valence-electron chi connectivity index (χ4n) is 4.00. The highest BCUT2D eigenvalue weighted by Gasteiger charge is 2.29. The van der Waals surface area contributed by atoms with Crippen LogP contribution in [0.15, 0.2) is 65.6 Å². The van der Waals surface area contributed by atoms with Crippen molar-refractivity contribution in [3.8, 4) is 0 Å². The standard InChI is InChI=1S/C28H34N2O3S/c1-7-26(24-12-11-21(4)22(5)17-24)29-28(31)18-30(27-15-10-20(3)16-23(27)6)34(32,33)25-13-8-19(2)9-14-25/h8-17,26H,7,18H2,1-6H3,(H,29,31). The average molecular weight is 479 g/mol. The Labute approximate surface area is 203 Å². The van der Waals surface area contributed by atoms with Gasteiger partial charge in [-0.1, -0.05) is 60.5 Å². The van der Waals surface area contributed by atoms with Gasteiger partial charge < -0.3 is 5.32 Å². The van der Waals surface area contributed by atoms with Crippen LogP contribution in [0.5, 0.6) is 0 Å². The fourth-order valence-corrected chi connectivity index (χ4v) is 5.48. The number of amides is 1. The molecule has 0 fully saturated rings. The van der Waals surface area contributed by atoms with Gasteiger partial charge in [0, 0.05) is 0 Å². The van der Waals surface area contributed by atoms with Crippen LogP contribution in [0.25, 0.3) is 0 Å². The number of carbonyl (C=O) groups excluding carboxylic acids is 1. The van der Waals surface area contributed by atoms with Gasteiger partial charge in [-0.15, -0.1) is 0 Å². The molecule has 0 bridgehead atoms. The maximum absolute atomic E-state index is 13.7. The molecule has 1 atom stereocenters. The van der Waals surface area contributed by atoms with Gasteiger partial charge in [-0.2, -0.15) is 0 Å². The lowest BCUT2D eigenvalue weighted by Crippen LogP contribution is -2.42. The Kier molecular flexibility index (Phi) is 7.82. The summed E-state index contributed by atoms with van der Waals surface area (Å²) in [6.45, 7) is 11.5. The second-order valence-electron chi connectivity index (χ2n) is 8.99. The largest absolute Gasteiger partial charge is 0.348 e. The summed E-state index contributed by atoms with van der Waals surface area (Å²) in [5, 5.41) is 3.05. The molecule has 1 unspecified atom stereocenters. The number of carbonyl (C=O) groups is 1. The molecule has 3 aromatic carbocycles. The van der Waals surface area contributed by atoms with Gasteiger partial charge in [0.2, 0.25) is 5.91 Å². The number of aryl methyl sites for hydroxylation is 5. The first-order valence-corrected chi connectivity index (χ1v) is 13.0. The number of benzene rings is 3. The zero-order chi connectivity index (χ0) is 25.0. The van der Waals surface area contributed by atoms with Crippen molar-refractivity contribution in [3.63, 3.8) is 0 Å². The van der Waals surface area contributed by atoms with Crippen LogP contribution in [-0.4, -0.2) is 20.9 Å². The zero-order valence-electron chi connectivity index (χ0n) is 20.8. The molecule has 34 heavy (non-hydrogen) atoms. The van der Waals surface area contributed by atoms with E-state index >= 15 is 0 Å². The van der Waals surface area contributed by atoms with Gasteiger partial charge in [0.15, 0.2) is 0 Å². The molecular formula is C28H34N2O3S. The van der Waals surface area contributed by atoms with Crippen molar-refractivity contribution < 1.29 is 13.2 Å². The lowest BCUT2D eigenvalue weighted by Gasteiger charge is -2.27. The number of anilines is 1. The number of nitrogens with zero attached hydrogens (tertiary/aromatic N) is 1. The van der Waals surface area contributed by atoms with Gasteiger partial charge in [-0.05, 0) is 81.5 Å². The van der Waals surface area contributed by atoms with Crippen molar-refractivity contribution in [2.45, 2.75) is 58.9 Å². The van der Waals surface area contributed by atoms with E-state index in [9.17, 15) is 13.2 Å². The molecule has 0 saturated carbocycles. The quantitative estimate of drug-likeness (QED) is 0.452. The van der Waals surface area contributed by atoms with Gasteiger partial charge in [0.25, 0.3) is 10.0 Å². The van der Waals surface area contributed by atoms with Gasteiger partial charge >= 0.3 is 0 Å². The molecule has 3 aromatic rings. The molecule has 0 saturated heterocycles. The molecule has 0 aromatic heterocycles. The number of hydrogen-bond donors (Lipinski definition) is 1. The highest BCUT2D eigenvalue weighted by atomic mass is 32.2. The number of rotatable bonds is 8. The molecule has 1 amide bonds. The second-order valence-corrected chi connectivity index (χ2v) is 10.8. The van der Waals surface area contributed by atoms with Crippen molar-refractivity contribution in [2.75, 3.05) is 10.8 Å². The normalized spacial score (nSPS) is 12.3. The third-order valence-electron chi connectivity index (χ3n) is 6.19. The highest BCUT2D eigenvalue weighted by Crippen LogP contribution is 2.28. The molecule has 5 nitrogen and oxygen atoms in total. The molecule has 0 heterocycles. The van der Waals surface area contributed by atoms with Gasteiger partial charge in [0.1, 0.15) is 6.54 Å². The molecule has 0 spiro atoms. The van der Waals surface area contributed by atoms with E-state index in [1.54, 1.807) is 30.3 Å². The molecule has 180 valence electrons. The number of hydrogen-bond acceptors (Lipinski definition) is 3. The summed E-state index contributed by atoms with van der Waals surface area (Å²) in [5.41, 5.74) is 6.65. The molecular weight excluding hydrogens is 444 g/mol. The van der Waals surface area contributed by atoms with Crippen LogP contribution in [0, 0.1) is 34.6 Å². The zero-order valence-corrected chi connectivity index (χ0v) is 21.7. The molecule has 3 rings (SSSR count). The minimum atomic E-state index is -3.95. The Morgan fingerprint density at radius 1 is 0.824 bits per heavy atom. The second kappa shape index (κ2) is 10.4. The van der Waals surface area contributed by atoms with E-state index in [0.29, 0.717) is 12.1 Å². The van der Waals surface area contributed by atoms with Crippen molar-refractivity contribution in [3.05, 3.63) is 94.0 Å². The molecule has 0 aliphatic carbocycles. The Bertz CT molecular complexity index is 1280. The minimum absolute atomic E-state index is 0.159. The SMILES string of the molecule is CCC(NC(=O)CN(c1ccc(C)cc1C)S(=O)(=O)c1ccc(C)cc1)c1ccc(C)c(C)c1. The molecule has 6 heteroatoms. The van der Waals surface area contributed by atoms with E-state index in [1.807, 2.05) is 58.9 Å². The summed E-state index contributed by atoms with van der Waals surface area (Å²) in [7, 11) is -3.95. The van der Waals surface area contributed by atoms with Crippen LogP contribution in [0.1, 0.15) is 52.8 Å². The fraction of sp³-hybridized carbons (Fsp3) is 0.321. The maximum Gasteiger partial charge on any atom is 0.264 e. The Hall–Kier alpha value is -3.12. The van der Waals surface area contributed by atoms with Gasteiger partial charge in [0.05, 0.1) is 16.6 Å². The first kappa shape index (κ1) is 25.5. The average Bonchev–Trinajstić information content (AvgIpc) is 2.78. The van der Waals surface area contributed by atoms with Crippen LogP contribution in [-0.2, 0) is 14.8 Å². The van der Waals surface area contributed by atoms with Crippen LogP contribution < -0.4 is 9.62 Å². The first-order chi connectivity index (χ1) is 16.0. The topological polar surface area (TPSA) is 66.5 Å². The third kappa shape index (κ3) is 5.68.